The maximum absolute atomic E-state index is 5.95. The molecule has 0 bridgehead atoms. The summed E-state index contributed by atoms with van der Waals surface area (Å²) in [7, 11) is 0. The molecule has 1 aliphatic carbocycles. The molecule has 0 unspecified atom stereocenters. The fourth-order valence-electron chi connectivity index (χ4n) is 2.03. The summed E-state index contributed by atoms with van der Waals surface area (Å²) in [5.41, 5.74) is 7.36. The van der Waals surface area contributed by atoms with E-state index >= 15 is 0 Å². The van der Waals surface area contributed by atoms with Crippen LogP contribution in [0, 0.1) is 0 Å². The minimum absolute atomic E-state index is 0. The molecule has 1 saturated carbocycles. The van der Waals surface area contributed by atoms with E-state index in [2.05, 4.69) is 6.07 Å². The zero-order valence-electron chi connectivity index (χ0n) is 8.00. The zero-order chi connectivity index (χ0) is 9.31. The third kappa shape index (κ3) is 1.90. The van der Waals surface area contributed by atoms with Gasteiger partial charge in [0.05, 0.1) is 0 Å². The van der Waals surface area contributed by atoms with Crippen LogP contribution in [-0.4, -0.2) is 6.54 Å². The van der Waals surface area contributed by atoms with Gasteiger partial charge in [0, 0.05) is 17.0 Å². The molecule has 0 saturated heterocycles. The molecular weight excluding hydrogens is 217 g/mol. The molecule has 0 aromatic heterocycles. The van der Waals surface area contributed by atoms with Crippen LogP contribution in [0.1, 0.15) is 24.8 Å². The number of nitrogens with two attached hydrogens (primary N) is 1. The lowest BCUT2D eigenvalue weighted by Gasteiger charge is -2.41. The lowest BCUT2D eigenvalue weighted by atomic mass is 9.64. The van der Waals surface area contributed by atoms with Crippen molar-refractivity contribution in [3.63, 3.8) is 0 Å². The Bertz CT molecular complexity index is 302. The molecule has 1 aromatic carbocycles. The Balaban J connectivity index is 0.000000980. The summed E-state index contributed by atoms with van der Waals surface area (Å²) in [5, 5.41) is 0.817. The molecule has 1 fully saturated rings. The second-order valence-electron chi connectivity index (χ2n) is 3.85. The number of rotatable bonds is 2. The van der Waals surface area contributed by atoms with Gasteiger partial charge in [0.15, 0.2) is 0 Å². The van der Waals surface area contributed by atoms with Gasteiger partial charge in [-0.2, -0.15) is 0 Å². The molecule has 1 nitrogen and oxygen atoms in total. The van der Waals surface area contributed by atoms with Gasteiger partial charge in [0.25, 0.3) is 0 Å². The van der Waals surface area contributed by atoms with Crippen LogP contribution in [0.25, 0.3) is 0 Å². The molecule has 0 spiro atoms. The van der Waals surface area contributed by atoms with Crippen molar-refractivity contribution in [2.24, 2.45) is 5.73 Å². The summed E-state index contributed by atoms with van der Waals surface area (Å²) in [6.07, 6.45) is 3.72. The Labute approximate surface area is 96.0 Å². The average molecular weight is 232 g/mol. The first kappa shape index (κ1) is 11.8. The minimum atomic E-state index is 0. The summed E-state index contributed by atoms with van der Waals surface area (Å²) in [5.74, 6) is 0. The lowest BCUT2D eigenvalue weighted by molar-refractivity contribution is 0.253. The number of hydrogen-bond acceptors (Lipinski definition) is 1. The van der Waals surface area contributed by atoms with Gasteiger partial charge in [-0.3, -0.25) is 0 Å². The fourth-order valence-corrected chi connectivity index (χ4v) is 2.22. The molecule has 0 atom stereocenters. The number of hydrogen-bond donors (Lipinski definition) is 1. The topological polar surface area (TPSA) is 26.0 Å². The van der Waals surface area contributed by atoms with Gasteiger partial charge in [-0.25, -0.2) is 0 Å². The van der Waals surface area contributed by atoms with Crippen LogP contribution in [0.15, 0.2) is 24.3 Å². The maximum atomic E-state index is 5.95. The molecular formula is C11H15Cl2N. The van der Waals surface area contributed by atoms with Gasteiger partial charge in [0.2, 0.25) is 0 Å². The molecule has 0 radical (unpaired) electrons. The van der Waals surface area contributed by atoms with Crippen molar-refractivity contribution in [3.8, 4) is 0 Å². The van der Waals surface area contributed by atoms with Crippen LogP contribution in [0.5, 0.6) is 0 Å². The monoisotopic (exact) mass is 231 g/mol. The third-order valence-corrected chi connectivity index (χ3v) is 3.37. The Kier molecular flexibility index (Phi) is 3.82. The van der Waals surface area contributed by atoms with Crippen molar-refractivity contribution in [1.29, 1.82) is 0 Å². The zero-order valence-corrected chi connectivity index (χ0v) is 9.57. The van der Waals surface area contributed by atoms with Gasteiger partial charge in [-0.05, 0) is 30.5 Å². The van der Waals surface area contributed by atoms with Crippen molar-refractivity contribution in [3.05, 3.63) is 34.9 Å². The smallest absolute Gasteiger partial charge is 0.0408 e. The first-order chi connectivity index (χ1) is 6.27. The molecule has 0 heterocycles. The van der Waals surface area contributed by atoms with Gasteiger partial charge in [0.1, 0.15) is 0 Å². The SMILES string of the molecule is Cl.NCC1(c2cccc(Cl)c2)CCC1. The highest BCUT2D eigenvalue weighted by atomic mass is 35.5. The number of benzene rings is 1. The molecule has 1 aliphatic rings. The summed E-state index contributed by atoms with van der Waals surface area (Å²) in [6, 6.07) is 8.10. The van der Waals surface area contributed by atoms with Crippen molar-refractivity contribution in [2.45, 2.75) is 24.7 Å². The molecule has 2 N–H and O–H groups in total. The van der Waals surface area contributed by atoms with E-state index in [0.29, 0.717) is 0 Å². The minimum Gasteiger partial charge on any atom is -0.330 e. The van der Waals surface area contributed by atoms with Crippen LogP contribution in [-0.2, 0) is 5.41 Å². The van der Waals surface area contributed by atoms with Gasteiger partial charge in [-0.1, -0.05) is 30.2 Å². The quantitative estimate of drug-likeness (QED) is 0.832. The van der Waals surface area contributed by atoms with Crippen molar-refractivity contribution >= 4 is 24.0 Å². The Morgan fingerprint density at radius 2 is 2.07 bits per heavy atom. The molecule has 0 aliphatic heterocycles. The van der Waals surface area contributed by atoms with E-state index in [0.717, 1.165) is 11.6 Å². The molecule has 14 heavy (non-hydrogen) atoms. The second kappa shape index (κ2) is 4.52. The molecule has 3 heteroatoms. The van der Waals surface area contributed by atoms with E-state index in [9.17, 15) is 0 Å². The van der Waals surface area contributed by atoms with E-state index in [1.165, 1.54) is 24.8 Å². The first-order valence-electron chi connectivity index (χ1n) is 4.73. The molecule has 78 valence electrons. The summed E-state index contributed by atoms with van der Waals surface area (Å²) >= 11 is 5.95. The summed E-state index contributed by atoms with van der Waals surface area (Å²) in [6.45, 7) is 0.743. The normalized spacial score (nSPS) is 18.1. The van der Waals surface area contributed by atoms with Gasteiger partial charge >= 0.3 is 0 Å². The Morgan fingerprint density at radius 3 is 2.50 bits per heavy atom. The summed E-state index contributed by atoms with van der Waals surface area (Å²) < 4.78 is 0. The van der Waals surface area contributed by atoms with E-state index in [4.69, 9.17) is 17.3 Å². The van der Waals surface area contributed by atoms with Crippen molar-refractivity contribution in [2.75, 3.05) is 6.54 Å². The lowest BCUT2D eigenvalue weighted by Crippen LogP contribution is -2.41. The highest BCUT2D eigenvalue weighted by Gasteiger charge is 2.37. The highest BCUT2D eigenvalue weighted by molar-refractivity contribution is 6.30. The van der Waals surface area contributed by atoms with Gasteiger partial charge < -0.3 is 5.73 Å². The first-order valence-corrected chi connectivity index (χ1v) is 5.11. The Hall–Kier alpha value is -0.240. The van der Waals surface area contributed by atoms with Crippen LogP contribution < -0.4 is 5.73 Å². The standard InChI is InChI=1S/C11H14ClN.ClH/c12-10-4-1-3-9(7-10)11(8-13)5-2-6-11;/h1,3-4,7H,2,5-6,8,13H2;1H. The van der Waals surface area contributed by atoms with E-state index in [1.54, 1.807) is 0 Å². The Morgan fingerprint density at radius 1 is 1.36 bits per heavy atom. The highest BCUT2D eigenvalue weighted by Crippen LogP contribution is 2.43. The van der Waals surface area contributed by atoms with Crippen LogP contribution in [0.4, 0.5) is 0 Å². The summed E-state index contributed by atoms with van der Waals surface area (Å²) in [4.78, 5) is 0. The maximum Gasteiger partial charge on any atom is 0.0408 e. The third-order valence-electron chi connectivity index (χ3n) is 3.14. The predicted molar refractivity (Wildman–Crippen MR) is 63.3 cm³/mol. The van der Waals surface area contributed by atoms with Gasteiger partial charge in [-0.15, -0.1) is 12.4 Å². The van der Waals surface area contributed by atoms with E-state index < -0.39 is 0 Å². The van der Waals surface area contributed by atoms with E-state index in [1.807, 2.05) is 18.2 Å². The molecule has 1 aromatic rings. The van der Waals surface area contributed by atoms with Crippen LogP contribution >= 0.6 is 24.0 Å². The van der Waals surface area contributed by atoms with Crippen molar-refractivity contribution < 1.29 is 0 Å². The van der Waals surface area contributed by atoms with Crippen LogP contribution in [0.3, 0.4) is 0 Å². The molecule has 2 rings (SSSR count). The second-order valence-corrected chi connectivity index (χ2v) is 4.28. The van der Waals surface area contributed by atoms with Crippen molar-refractivity contribution in [1.82, 2.24) is 0 Å². The van der Waals surface area contributed by atoms with Crippen LogP contribution in [0.2, 0.25) is 5.02 Å². The average Bonchev–Trinajstić information content (AvgIpc) is 2.03. The largest absolute Gasteiger partial charge is 0.330 e. The molecule has 0 amide bonds. The fraction of sp³-hybridized carbons (Fsp3) is 0.455. The van der Waals surface area contributed by atoms with E-state index in [-0.39, 0.29) is 17.8 Å². The predicted octanol–water partition coefficient (Wildman–Crippen LogP) is 3.14. The number of halogens is 2.